The van der Waals surface area contributed by atoms with Crippen molar-refractivity contribution in [1.82, 2.24) is 15.3 Å². The maximum absolute atomic E-state index is 5.49. The van der Waals surface area contributed by atoms with E-state index in [2.05, 4.69) is 22.7 Å². The molecule has 0 spiro atoms. The van der Waals surface area contributed by atoms with Gasteiger partial charge < -0.3 is 0 Å². The lowest BCUT2D eigenvalue weighted by atomic mass is 10.2. The summed E-state index contributed by atoms with van der Waals surface area (Å²) in [5.41, 5.74) is 4.93. The van der Waals surface area contributed by atoms with Crippen LogP contribution in [0, 0.1) is 0 Å². The predicted molar refractivity (Wildman–Crippen MR) is 68.4 cm³/mol. The van der Waals surface area contributed by atoms with Crippen LogP contribution in [-0.4, -0.2) is 15.4 Å². The fourth-order valence-electron chi connectivity index (χ4n) is 1.74. The van der Waals surface area contributed by atoms with E-state index in [1.165, 1.54) is 5.39 Å². The van der Waals surface area contributed by atoms with Gasteiger partial charge in [-0.05, 0) is 26.8 Å². The first-order valence-corrected chi connectivity index (χ1v) is 5.79. The van der Waals surface area contributed by atoms with E-state index in [0.717, 1.165) is 11.2 Å². The molecule has 1 aromatic carbocycles. The van der Waals surface area contributed by atoms with E-state index >= 15 is 0 Å². The number of para-hydroxylation sites is 1. The van der Waals surface area contributed by atoms with Gasteiger partial charge in [-0.3, -0.25) is 9.52 Å². The molecule has 0 unspecified atom stereocenters. The first-order valence-electron chi connectivity index (χ1n) is 5.79. The zero-order chi connectivity index (χ0) is 12.5. The van der Waals surface area contributed by atoms with E-state index in [0.29, 0.717) is 6.54 Å². The molecule has 2 aromatic rings. The Kier molecular flexibility index (Phi) is 3.17. The lowest BCUT2D eigenvalue weighted by Gasteiger charge is -2.18. The molecule has 0 aliphatic carbocycles. The Bertz CT molecular complexity index is 511. The summed E-state index contributed by atoms with van der Waals surface area (Å²) < 4.78 is 1.89. The van der Waals surface area contributed by atoms with Crippen molar-refractivity contribution in [2.75, 3.05) is 0 Å². The summed E-state index contributed by atoms with van der Waals surface area (Å²) in [5, 5.41) is 5.65. The number of nitrogens with one attached hydrogen (secondary N) is 1. The molecule has 1 aromatic heterocycles. The van der Waals surface area contributed by atoms with Crippen LogP contribution in [0.4, 0.5) is 0 Å². The van der Waals surface area contributed by atoms with E-state index in [1.54, 1.807) is 0 Å². The quantitative estimate of drug-likeness (QED) is 0.827. The third-order valence-corrected chi connectivity index (χ3v) is 2.45. The molecule has 0 bridgehead atoms. The number of hydrogen-bond donors (Lipinski definition) is 1. The zero-order valence-electron chi connectivity index (χ0n) is 10.8. The zero-order valence-corrected chi connectivity index (χ0v) is 10.8. The minimum absolute atomic E-state index is 0.190. The van der Waals surface area contributed by atoms with Gasteiger partial charge in [0.1, 0.15) is 0 Å². The minimum Gasteiger partial charge on any atom is -0.296 e. The number of hydrogen-bond acceptors (Lipinski definition) is 3. The van der Waals surface area contributed by atoms with Crippen LogP contribution in [0.3, 0.4) is 0 Å². The highest BCUT2D eigenvalue weighted by Crippen LogP contribution is 2.17. The number of aryl methyl sites for hydroxylation is 1. The molecule has 1 N–H and O–H groups in total. The predicted octanol–water partition coefficient (Wildman–Crippen LogP) is 2.39. The Morgan fingerprint density at radius 1 is 1.29 bits per heavy atom. The fourth-order valence-corrected chi connectivity index (χ4v) is 1.74. The lowest BCUT2D eigenvalue weighted by molar-refractivity contribution is -0.0760. The maximum atomic E-state index is 5.49. The van der Waals surface area contributed by atoms with Gasteiger partial charge in [0, 0.05) is 12.4 Å². The van der Waals surface area contributed by atoms with Gasteiger partial charge in [-0.1, -0.05) is 18.2 Å². The van der Waals surface area contributed by atoms with Gasteiger partial charge in [-0.25, -0.2) is 0 Å². The summed E-state index contributed by atoms with van der Waals surface area (Å²) in [6.07, 6.45) is 0. The van der Waals surface area contributed by atoms with E-state index in [9.17, 15) is 0 Å². The Labute approximate surface area is 102 Å². The molecule has 92 valence electrons. The summed E-state index contributed by atoms with van der Waals surface area (Å²) in [6.45, 7) is 6.64. The van der Waals surface area contributed by atoms with Crippen molar-refractivity contribution in [3.8, 4) is 0 Å². The summed E-state index contributed by atoms with van der Waals surface area (Å²) in [6, 6.07) is 8.19. The molecule has 1 heterocycles. The van der Waals surface area contributed by atoms with Crippen molar-refractivity contribution in [3.63, 3.8) is 0 Å². The van der Waals surface area contributed by atoms with Crippen LogP contribution in [0.25, 0.3) is 10.9 Å². The molecule has 0 amide bonds. The summed E-state index contributed by atoms with van der Waals surface area (Å²) >= 11 is 0. The molecule has 0 saturated carbocycles. The van der Waals surface area contributed by atoms with E-state index in [-0.39, 0.29) is 5.60 Å². The monoisotopic (exact) mass is 233 g/mol. The first kappa shape index (κ1) is 12.1. The van der Waals surface area contributed by atoms with E-state index < -0.39 is 0 Å². The van der Waals surface area contributed by atoms with Gasteiger partial charge in [-0.2, -0.15) is 10.6 Å². The molecule has 0 radical (unpaired) electrons. The number of benzene rings is 1. The highest BCUT2D eigenvalue weighted by atomic mass is 16.7. The van der Waals surface area contributed by atoms with Gasteiger partial charge >= 0.3 is 0 Å². The molecule has 0 aliphatic heterocycles. The minimum atomic E-state index is -0.190. The molecule has 4 nitrogen and oxygen atoms in total. The first-order chi connectivity index (χ1) is 7.97. The Hall–Kier alpha value is -1.39. The second-order valence-corrected chi connectivity index (χ2v) is 5.12. The molecule has 0 saturated heterocycles. The van der Waals surface area contributed by atoms with Gasteiger partial charge in [0.2, 0.25) is 0 Å². The van der Waals surface area contributed by atoms with E-state index in [4.69, 9.17) is 4.84 Å². The average Bonchev–Trinajstić information content (AvgIpc) is 2.55. The average molecular weight is 233 g/mol. The normalized spacial score (nSPS) is 12.2. The van der Waals surface area contributed by atoms with Gasteiger partial charge in [-0.15, -0.1) is 0 Å². The number of rotatable bonds is 3. The number of aromatic nitrogens is 2. The van der Waals surface area contributed by atoms with Crippen molar-refractivity contribution in [1.29, 1.82) is 0 Å². The van der Waals surface area contributed by atoms with Crippen LogP contribution in [0.5, 0.6) is 0 Å². The van der Waals surface area contributed by atoms with Crippen LogP contribution in [0.1, 0.15) is 26.5 Å². The molecule has 2 rings (SSSR count). The lowest BCUT2D eigenvalue weighted by Crippen LogP contribution is -2.28. The number of nitrogens with zero attached hydrogens (tertiary/aromatic N) is 2. The van der Waals surface area contributed by atoms with Crippen LogP contribution in [-0.2, 0) is 18.4 Å². The van der Waals surface area contributed by atoms with Gasteiger partial charge in [0.05, 0.1) is 23.4 Å². The second kappa shape index (κ2) is 4.47. The Morgan fingerprint density at radius 3 is 2.71 bits per heavy atom. The van der Waals surface area contributed by atoms with Gasteiger partial charge in [0.25, 0.3) is 0 Å². The summed E-state index contributed by atoms with van der Waals surface area (Å²) in [5.74, 6) is 0. The van der Waals surface area contributed by atoms with E-state index in [1.807, 2.05) is 44.6 Å². The van der Waals surface area contributed by atoms with Crippen molar-refractivity contribution in [3.05, 3.63) is 30.0 Å². The third kappa shape index (κ3) is 2.84. The highest BCUT2D eigenvalue weighted by molar-refractivity contribution is 5.81. The maximum Gasteiger partial charge on any atom is 0.0864 e. The van der Waals surface area contributed by atoms with Crippen LogP contribution < -0.4 is 5.48 Å². The highest BCUT2D eigenvalue weighted by Gasteiger charge is 2.12. The fraction of sp³-hybridized carbons (Fsp3) is 0.462. The number of fused-ring (bicyclic) bond motifs is 1. The van der Waals surface area contributed by atoms with Crippen molar-refractivity contribution < 1.29 is 4.84 Å². The Balaban J connectivity index is 2.14. The van der Waals surface area contributed by atoms with Crippen molar-refractivity contribution in [2.24, 2.45) is 7.05 Å². The SMILES string of the molecule is Cn1nc(CNOC(C)(C)C)c2ccccc21. The third-order valence-electron chi connectivity index (χ3n) is 2.45. The largest absolute Gasteiger partial charge is 0.296 e. The molecular weight excluding hydrogens is 214 g/mol. The van der Waals surface area contributed by atoms with Crippen LogP contribution >= 0.6 is 0 Å². The topological polar surface area (TPSA) is 39.1 Å². The molecule has 17 heavy (non-hydrogen) atoms. The molecular formula is C13H19N3O. The molecule has 0 atom stereocenters. The summed E-state index contributed by atoms with van der Waals surface area (Å²) in [4.78, 5) is 5.49. The Morgan fingerprint density at radius 2 is 2.00 bits per heavy atom. The second-order valence-electron chi connectivity index (χ2n) is 5.12. The molecule has 0 aliphatic rings. The van der Waals surface area contributed by atoms with Crippen molar-refractivity contribution >= 4 is 10.9 Å². The van der Waals surface area contributed by atoms with Gasteiger partial charge in [0.15, 0.2) is 0 Å². The van der Waals surface area contributed by atoms with Crippen LogP contribution in [0.15, 0.2) is 24.3 Å². The van der Waals surface area contributed by atoms with Crippen LogP contribution in [0.2, 0.25) is 0 Å². The smallest absolute Gasteiger partial charge is 0.0864 e. The molecule has 0 fully saturated rings. The molecule has 4 heteroatoms. The van der Waals surface area contributed by atoms with Crippen molar-refractivity contribution in [2.45, 2.75) is 32.9 Å². The number of hydroxylamine groups is 1. The standard InChI is InChI=1S/C13H19N3O/c1-13(2,3)17-14-9-11-10-7-5-6-8-12(10)16(4)15-11/h5-8,14H,9H2,1-4H3. The summed E-state index contributed by atoms with van der Waals surface area (Å²) in [7, 11) is 1.95.